The van der Waals surface area contributed by atoms with Gasteiger partial charge in [0.15, 0.2) is 0 Å². The lowest BCUT2D eigenvalue weighted by Crippen LogP contribution is -2.42. The molecule has 0 amide bonds. The first kappa shape index (κ1) is 17.1. The highest BCUT2D eigenvalue weighted by molar-refractivity contribution is 7.85. The van der Waals surface area contributed by atoms with Crippen molar-refractivity contribution in [3.63, 3.8) is 0 Å². The van der Waals surface area contributed by atoms with Crippen molar-refractivity contribution in [1.29, 1.82) is 0 Å². The maximum Gasteiger partial charge on any atom is 0.124 e. The second-order valence-corrected chi connectivity index (χ2v) is 5.72. The van der Waals surface area contributed by atoms with Crippen molar-refractivity contribution < 1.29 is 17.5 Å². The van der Waals surface area contributed by atoms with Crippen molar-refractivity contribution >= 4 is 10.1 Å². The zero-order valence-corrected chi connectivity index (χ0v) is 12.4. The Morgan fingerprint density at radius 1 is 1.00 bits per heavy atom. The smallest absolute Gasteiger partial charge is 0.124 e. The fourth-order valence-electron chi connectivity index (χ4n) is 1.26. The van der Waals surface area contributed by atoms with Gasteiger partial charge in [0, 0.05) is 0 Å². The Morgan fingerprint density at radius 3 is 1.56 bits per heavy atom. The third-order valence-corrected chi connectivity index (χ3v) is 4.17. The molecule has 0 atom stereocenters. The van der Waals surface area contributed by atoms with E-state index in [0.29, 0.717) is 0 Å². The van der Waals surface area contributed by atoms with Crippen molar-refractivity contribution in [2.75, 3.05) is 26.7 Å². The lowest BCUT2D eigenvalue weighted by Gasteiger charge is -2.30. The third-order valence-electron chi connectivity index (χ3n) is 3.32. The maximum atomic E-state index is 10.3. The molecule has 0 aliphatic heterocycles. The van der Waals surface area contributed by atoms with Gasteiger partial charge in [0.25, 0.3) is 0 Å². The van der Waals surface area contributed by atoms with E-state index in [1.54, 1.807) is 6.07 Å². The molecular weight excluding hydrogens is 250 g/mol. The van der Waals surface area contributed by atoms with Crippen LogP contribution in [0.1, 0.15) is 20.8 Å². The molecule has 0 aromatic heterocycles. The molecule has 1 aromatic carbocycles. The van der Waals surface area contributed by atoms with Gasteiger partial charge in [0.05, 0.1) is 31.6 Å². The highest BCUT2D eigenvalue weighted by Gasteiger charge is 2.10. The van der Waals surface area contributed by atoms with E-state index in [2.05, 4.69) is 27.8 Å². The van der Waals surface area contributed by atoms with Gasteiger partial charge < -0.3 is 9.04 Å². The standard InChI is InChI=1S/C7H18N.C6H6O3S/c1-5-8(4,6-2)7-3;7-10(8,9)6-4-2-1-3-5-6/h5-7H2,1-4H3;1-5H,(H,7,8,9)/q+1;/p-1. The van der Waals surface area contributed by atoms with Crippen LogP contribution in [-0.4, -0.2) is 44.1 Å². The van der Waals surface area contributed by atoms with Gasteiger partial charge in [-0.1, -0.05) is 18.2 Å². The number of hydrogen-bond donors (Lipinski definition) is 0. The van der Waals surface area contributed by atoms with Gasteiger partial charge in [0.1, 0.15) is 10.1 Å². The van der Waals surface area contributed by atoms with Crippen LogP contribution in [0.4, 0.5) is 0 Å². The molecule has 18 heavy (non-hydrogen) atoms. The van der Waals surface area contributed by atoms with Crippen LogP contribution < -0.4 is 0 Å². The van der Waals surface area contributed by atoms with Crippen molar-refractivity contribution in [3.05, 3.63) is 30.3 Å². The van der Waals surface area contributed by atoms with Gasteiger partial charge >= 0.3 is 0 Å². The Kier molecular flexibility index (Phi) is 7.13. The summed E-state index contributed by atoms with van der Waals surface area (Å²) in [7, 11) is -1.96. The number of benzene rings is 1. The minimum absolute atomic E-state index is 0.185. The Balaban J connectivity index is 0.000000331. The Bertz CT molecular complexity index is 417. The van der Waals surface area contributed by atoms with Crippen molar-refractivity contribution in [1.82, 2.24) is 0 Å². The van der Waals surface area contributed by atoms with Gasteiger partial charge in [-0.3, -0.25) is 0 Å². The van der Waals surface area contributed by atoms with E-state index in [0.717, 1.165) is 0 Å². The molecule has 0 fully saturated rings. The van der Waals surface area contributed by atoms with Crippen molar-refractivity contribution in [2.45, 2.75) is 25.7 Å². The summed E-state index contributed by atoms with van der Waals surface area (Å²) in [6, 6.07) is 7.19. The van der Waals surface area contributed by atoms with Gasteiger partial charge in [-0.15, -0.1) is 0 Å². The molecular formula is C13H23NO3S. The summed E-state index contributed by atoms with van der Waals surface area (Å²) in [5.41, 5.74) is 0. The second-order valence-electron chi connectivity index (χ2n) is 4.34. The summed E-state index contributed by atoms with van der Waals surface area (Å²) in [5, 5.41) is 0. The van der Waals surface area contributed by atoms with Crippen LogP contribution in [0, 0.1) is 0 Å². The van der Waals surface area contributed by atoms with Crippen LogP contribution in [0.5, 0.6) is 0 Å². The lowest BCUT2D eigenvalue weighted by atomic mass is 10.4. The molecule has 0 unspecified atom stereocenters. The SMILES string of the molecule is CC[N+](C)(CC)CC.O=S(=O)([O-])c1ccccc1. The zero-order valence-electron chi connectivity index (χ0n) is 11.6. The minimum Gasteiger partial charge on any atom is -0.744 e. The Labute approximate surface area is 111 Å². The fourth-order valence-corrected chi connectivity index (χ4v) is 1.75. The number of rotatable bonds is 4. The summed E-state index contributed by atoms with van der Waals surface area (Å²) >= 11 is 0. The summed E-state index contributed by atoms with van der Waals surface area (Å²) in [5.74, 6) is 0. The molecule has 0 spiro atoms. The first-order valence-corrected chi connectivity index (χ1v) is 7.54. The van der Waals surface area contributed by atoms with Crippen LogP contribution in [0.15, 0.2) is 35.2 Å². The third kappa shape index (κ3) is 6.14. The molecule has 5 heteroatoms. The topological polar surface area (TPSA) is 57.2 Å². The van der Waals surface area contributed by atoms with E-state index in [4.69, 9.17) is 0 Å². The summed E-state index contributed by atoms with van der Waals surface area (Å²) in [4.78, 5) is -0.185. The molecule has 4 nitrogen and oxygen atoms in total. The van der Waals surface area contributed by atoms with Crippen LogP contribution >= 0.6 is 0 Å². The van der Waals surface area contributed by atoms with Gasteiger partial charge in [0.2, 0.25) is 0 Å². The van der Waals surface area contributed by atoms with Crippen molar-refractivity contribution in [2.24, 2.45) is 0 Å². The maximum absolute atomic E-state index is 10.3. The van der Waals surface area contributed by atoms with Gasteiger partial charge in [-0.2, -0.15) is 0 Å². The van der Waals surface area contributed by atoms with Crippen LogP contribution in [0.25, 0.3) is 0 Å². The molecule has 0 saturated carbocycles. The average molecular weight is 273 g/mol. The molecule has 0 radical (unpaired) electrons. The zero-order chi connectivity index (χ0) is 14.2. The second kappa shape index (κ2) is 7.51. The molecule has 1 aromatic rings. The quantitative estimate of drug-likeness (QED) is 0.623. The van der Waals surface area contributed by atoms with E-state index in [1.807, 2.05) is 0 Å². The van der Waals surface area contributed by atoms with E-state index in [9.17, 15) is 13.0 Å². The predicted octanol–water partition coefficient (Wildman–Crippen LogP) is 2.08. The van der Waals surface area contributed by atoms with Gasteiger partial charge in [-0.25, -0.2) is 8.42 Å². The summed E-state index contributed by atoms with van der Waals surface area (Å²) < 4.78 is 32.0. The molecule has 0 N–H and O–H groups in total. The van der Waals surface area contributed by atoms with Crippen LogP contribution in [0.3, 0.4) is 0 Å². The number of hydrogen-bond acceptors (Lipinski definition) is 3. The van der Waals surface area contributed by atoms with Crippen LogP contribution in [-0.2, 0) is 10.1 Å². The normalized spacial score (nSPS) is 11.6. The van der Waals surface area contributed by atoms with Gasteiger partial charge in [-0.05, 0) is 32.9 Å². The van der Waals surface area contributed by atoms with E-state index >= 15 is 0 Å². The first-order valence-electron chi connectivity index (χ1n) is 6.13. The van der Waals surface area contributed by atoms with E-state index in [-0.39, 0.29) is 4.90 Å². The Hall–Kier alpha value is -0.910. The number of quaternary nitrogens is 1. The monoisotopic (exact) mass is 273 g/mol. The first-order chi connectivity index (χ1) is 8.29. The van der Waals surface area contributed by atoms with E-state index < -0.39 is 10.1 Å². The summed E-state index contributed by atoms with van der Waals surface area (Å²) in [6.07, 6.45) is 0. The summed E-state index contributed by atoms with van der Waals surface area (Å²) in [6.45, 7) is 10.5. The molecule has 0 heterocycles. The molecule has 1 rings (SSSR count). The number of nitrogens with zero attached hydrogens (tertiary/aromatic N) is 1. The molecule has 0 aliphatic carbocycles. The average Bonchev–Trinajstić information content (AvgIpc) is 2.39. The van der Waals surface area contributed by atoms with Crippen LogP contribution in [0.2, 0.25) is 0 Å². The highest BCUT2D eigenvalue weighted by Crippen LogP contribution is 2.05. The molecule has 104 valence electrons. The minimum atomic E-state index is -4.25. The highest BCUT2D eigenvalue weighted by atomic mass is 32.2. The molecule has 0 bridgehead atoms. The largest absolute Gasteiger partial charge is 0.744 e. The predicted molar refractivity (Wildman–Crippen MR) is 72.2 cm³/mol. The van der Waals surface area contributed by atoms with Crippen molar-refractivity contribution in [3.8, 4) is 0 Å². The fraction of sp³-hybridized carbons (Fsp3) is 0.538. The van der Waals surface area contributed by atoms with E-state index in [1.165, 1.54) is 48.4 Å². The molecule has 0 saturated heterocycles. The lowest BCUT2D eigenvalue weighted by molar-refractivity contribution is -0.904. The Morgan fingerprint density at radius 2 is 1.39 bits per heavy atom. The molecule has 0 aliphatic rings.